The lowest BCUT2D eigenvalue weighted by Crippen LogP contribution is -2.43. The van der Waals surface area contributed by atoms with Gasteiger partial charge in [-0.25, -0.2) is 4.79 Å². The van der Waals surface area contributed by atoms with E-state index in [-0.39, 0.29) is 18.8 Å². The molecule has 0 spiro atoms. The normalized spacial score (nSPS) is 21.0. The second-order valence-electron chi connectivity index (χ2n) is 9.06. The monoisotopic (exact) mass is 557 g/mol. The van der Waals surface area contributed by atoms with E-state index in [9.17, 15) is 14.4 Å². The number of rotatable bonds is 7. The SMILES string of the molecule is CCOC(=O)C1=C(C)NC2=C(C(=O)[C@H](C(=O)OCC)[C@@H](c3cccc(OC)c3)C2)[C@@H]1c1ccc(Cl)cc1Cl. The lowest BCUT2D eigenvalue weighted by atomic mass is 9.67. The fraction of sp³-hybridized carbons (Fsp3) is 0.345. The number of hydrogen-bond donors (Lipinski definition) is 1. The third-order valence-electron chi connectivity index (χ3n) is 6.85. The fourth-order valence-electron chi connectivity index (χ4n) is 5.25. The number of hydrogen-bond acceptors (Lipinski definition) is 7. The number of halogens is 2. The van der Waals surface area contributed by atoms with E-state index in [1.54, 1.807) is 52.1 Å². The first kappa shape index (κ1) is 27.7. The third-order valence-corrected chi connectivity index (χ3v) is 7.41. The highest BCUT2D eigenvalue weighted by Crippen LogP contribution is 2.49. The second kappa shape index (κ2) is 11.6. The van der Waals surface area contributed by atoms with E-state index in [0.717, 1.165) is 5.56 Å². The van der Waals surface area contributed by atoms with Gasteiger partial charge in [0.15, 0.2) is 5.78 Å². The van der Waals surface area contributed by atoms with Gasteiger partial charge in [0.2, 0.25) is 0 Å². The van der Waals surface area contributed by atoms with Crippen molar-refractivity contribution < 1.29 is 28.6 Å². The fourth-order valence-corrected chi connectivity index (χ4v) is 5.77. The first-order valence-electron chi connectivity index (χ1n) is 12.4. The smallest absolute Gasteiger partial charge is 0.336 e. The summed E-state index contributed by atoms with van der Waals surface area (Å²) in [5.41, 5.74) is 2.99. The van der Waals surface area contributed by atoms with Gasteiger partial charge in [-0.1, -0.05) is 41.4 Å². The van der Waals surface area contributed by atoms with Crippen LogP contribution in [0.1, 0.15) is 50.2 Å². The molecule has 1 heterocycles. The standard InChI is InChI=1S/C29H29Cl2NO6/c1-5-37-28(34)23-15(3)32-22-14-20(16-8-7-9-18(12-16)36-4)25(29(35)38-6-2)27(33)26(22)24(23)19-11-10-17(30)13-21(19)31/h7-13,20,24-25,32H,5-6,14H2,1-4H3/t20-,24-,25-/m1/s1. The molecule has 9 heteroatoms. The maximum absolute atomic E-state index is 14.3. The lowest BCUT2D eigenvalue weighted by molar-refractivity contribution is -0.152. The Balaban J connectivity index is 1.93. The summed E-state index contributed by atoms with van der Waals surface area (Å²) in [6.45, 7) is 5.44. The average Bonchev–Trinajstić information content (AvgIpc) is 2.88. The van der Waals surface area contributed by atoms with Crippen LogP contribution in [0.5, 0.6) is 5.75 Å². The molecule has 2 aliphatic rings. The number of nitrogens with one attached hydrogen (secondary N) is 1. The topological polar surface area (TPSA) is 90.9 Å². The van der Waals surface area contributed by atoms with Crippen molar-refractivity contribution >= 4 is 40.9 Å². The van der Waals surface area contributed by atoms with Gasteiger partial charge >= 0.3 is 11.9 Å². The van der Waals surface area contributed by atoms with Crippen LogP contribution in [-0.2, 0) is 23.9 Å². The summed E-state index contributed by atoms with van der Waals surface area (Å²) >= 11 is 12.8. The largest absolute Gasteiger partial charge is 0.497 e. The van der Waals surface area contributed by atoms with Gasteiger partial charge in [0.05, 0.1) is 25.9 Å². The lowest BCUT2D eigenvalue weighted by Gasteiger charge is -2.39. The Bertz CT molecular complexity index is 1350. The van der Waals surface area contributed by atoms with E-state index >= 15 is 0 Å². The predicted molar refractivity (Wildman–Crippen MR) is 144 cm³/mol. The van der Waals surface area contributed by atoms with Crippen molar-refractivity contribution in [2.45, 2.75) is 39.0 Å². The van der Waals surface area contributed by atoms with Crippen molar-refractivity contribution in [2.75, 3.05) is 20.3 Å². The number of allylic oxidation sites excluding steroid dienone is 3. The molecule has 200 valence electrons. The number of benzene rings is 2. The maximum atomic E-state index is 14.3. The molecule has 7 nitrogen and oxygen atoms in total. The highest BCUT2D eigenvalue weighted by Gasteiger charge is 2.49. The highest BCUT2D eigenvalue weighted by molar-refractivity contribution is 6.35. The first-order chi connectivity index (χ1) is 18.2. The van der Waals surface area contributed by atoms with Gasteiger partial charge in [0.25, 0.3) is 0 Å². The maximum Gasteiger partial charge on any atom is 0.336 e. The van der Waals surface area contributed by atoms with Gasteiger partial charge in [-0.2, -0.15) is 0 Å². The van der Waals surface area contributed by atoms with Crippen LogP contribution in [0.2, 0.25) is 10.0 Å². The third kappa shape index (κ3) is 5.18. The van der Waals surface area contributed by atoms with Crippen molar-refractivity contribution in [3.05, 3.63) is 86.2 Å². The van der Waals surface area contributed by atoms with E-state index in [1.165, 1.54) is 0 Å². The molecule has 0 saturated heterocycles. The molecule has 38 heavy (non-hydrogen) atoms. The molecule has 2 aromatic rings. The average molecular weight is 558 g/mol. The van der Waals surface area contributed by atoms with E-state index in [1.807, 2.05) is 18.2 Å². The van der Waals surface area contributed by atoms with Crippen LogP contribution in [0.3, 0.4) is 0 Å². The van der Waals surface area contributed by atoms with E-state index < -0.39 is 35.5 Å². The van der Waals surface area contributed by atoms with Crippen LogP contribution < -0.4 is 10.1 Å². The molecule has 3 atom stereocenters. The Labute approximate surface area is 231 Å². The molecule has 1 aliphatic heterocycles. The number of methoxy groups -OCH3 is 1. The molecule has 1 aliphatic carbocycles. The summed E-state index contributed by atoms with van der Waals surface area (Å²) in [5.74, 6) is -3.52. The zero-order valence-electron chi connectivity index (χ0n) is 21.6. The van der Waals surface area contributed by atoms with Crippen molar-refractivity contribution in [3.63, 3.8) is 0 Å². The van der Waals surface area contributed by atoms with Crippen LogP contribution >= 0.6 is 23.2 Å². The van der Waals surface area contributed by atoms with Crippen LogP contribution in [0.4, 0.5) is 0 Å². The molecule has 0 amide bonds. The van der Waals surface area contributed by atoms with Crippen molar-refractivity contribution in [1.29, 1.82) is 0 Å². The summed E-state index contributed by atoms with van der Waals surface area (Å²) < 4.78 is 16.1. The predicted octanol–water partition coefficient (Wildman–Crippen LogP) is 5.72. The van der Waals surface area contributed by atoms with Gasteiger partial charge in [0, 0.05) is 38.8 Å². The molecule has 4 rings (SSSR count). The van der Waals surface area contributed by atoms with Crippen molar-refractivity contribution in [1.82, 2.24) is 5.32 Å². The number of esters is 2. The van der Waals surface area contributed by atoms with Gasteiger partial charge in [-0.05, 0) is 62.6 Å². The summed E-state index contributed by atoms with van der Waals surface area (Å²) in [6, 6.07) is 12.2. The molecular formula is C29H29Cl2NO6. The van der Waals surface area contributed by atoms with Crippen LogP contribution in [0.15, 0.2) is 65.0 Å². The van der Waals surface area contributed by atoms with Gasteiger partial charge in [0.1, 0.15) is 11.7 Å². The highest BCUT2D eigenvalue weighted by atomic mass is 35.5. The molecule has 0 radical (unpaired) electrons. The Hall–Kier alpha value is -3.29. The molecule has 0 fully saturated rings. The van der Waals surface area contributed by atoms with E-state index in [2.05, 4.69) is 5.32 Å². The van der Waals surface area contributed by atoms with Gasteiger partial charge in [-0.15, -0.1) is 0 Å². The second-order valence-corrected chi connectivity index (χ2v) is 9.90. The molecule has 0 bridgehead atoms. The van der Waals surface area contributed by atoms with Crippen molar-refractivity contribution in [2.24, 2.45) is 5.92 Å². The van der Waals surface area contributed by atoms with Gasteiger partial charge in [-0.3, -0.25) is 9.59 Å². The quantitative estimate of drug-likeness (QED) is 0.344. The Morgan fingerprint density at radius 3 is 2.45 bits per heavy atom. The summed E-state index contributed by atoms with van der Waals surface area (Å²) in [7, 11) is 1.56. The summed E-state index contributed by atoms with van der Waals surface area (Å²) in [6.07, 6.45) is 0.326. The Morgan fingerprint density at radius 2 is 1.79 bits per heavy atom. The minimum absolute atomic E-state index is 0.122. The molecule has 0 unspecified atom stereocenters. The number of ketones is 1. The minimum atomic E-state index is -1.13. The minimum Gasteiger partial charge on any atom is -0.497 e. The molecule has 1 N–H and O–H groups in total. The number of carbonyl (C=O) groups is 3. The molecule has 0 saturated carbocycles. The Kier molecular flexibility index (Phi) is 8.48. The van der Waals surface area contributed by atoms with Crippen LogP contribution in [-0.4, -0.2) is 38.0 Å². The zero-order valence-corrected chi connectivity index (χ0v) is 23.1. The van der Waals surface area contributed by atoms with E-state index in [0.29, 0.717) is 44.7 Å². The first-order valence-corrected chi connectivity index (χ1v) is 13.1. The number of carbonyl (C=O) groups excluding carboxylic acids is 3. The summed E-state index contributed by atoms with van der Waals surface area (Å²) in [4.78, 5) is 40.8. The summed E-state index contributed by atoms with van der Waals surface area (Å²) in [5, 5.41) is 3.98. The number of ether oxygens (including phenoxy) is 3. The van der Waals surface area contributed by atoms with Crippen LogP contribution in [0, 0.1) is 5.92 Å². The van der Waals surface area contributed by atoms with Crippen molar-refractivity contribution in [3.8, 4) is 5.75 Å². The Morgan fingerprint density at radius 1 is 1.05 bits per heavy atom. The number of Topliss-reactive ketones (excluding diaryl/α,β-unsaturated/α-hetero) is 1. The zero-order chi connectivity index (χ0) is 27.6. The van der Waals surface area contributed by atoms with Gasteiger partial charge < -0.3 is 19.5 Å². The number of dihydropyridines is 1. The van der Waals surface area contributed by atoms with E-state index in [4.69, 9.17) is 37.4 Å². The molecule has 2 aromatic carbocycles. The molecular weight excluding hydrogens is 529 g/mol. The van der Waals surface area contributed by atoms with Crippen LogP contribution in [0.25, 0.3) is 0 Å². The molecule has 0 aromatic heterocycles.